The van der Waals surface area contributed by atoms with Crippen molar-refractivity contribution in [2.45, 2.75) is 53.5 Å². The van der Waals surface area contributed by atoms with Gasteiger partial charge in [0, 0.05) is 42.7 Å². The predicted octanol–water partition coefficient (Wildman–Crippen LogP) is 3.41. The number of amides is 1. The summed E-state index contributed by atoms with van der Waals surface area (Å²) in [5.74, 6) is 1.19. The number of carbonyl (C=O) groups is 1. The number of aryl methyl sites for hydroxylation is 1. The van der Waals surface area contributed by atoms with Crippen LogP contribution in [0.5, 0.6) is 0 Å². The predicted molar refractivity (Wildman–Crippen MR) is 116 cm³/mol. The molecule has 1 aliphatic heterocycles. The Bertz CT molecular complexity index is 637. The fraction of sp³-hybridized carbons (Fsp3) is 0.684. The van der Waals surface area contributed by atoms with Crippen molar-refractivity contribution in [3.05, 3.63) is 23.7 Å². The monoisotopic (exact) mass is 476 g/mol. The molecule has 0 aliphatic carbocycles. The number of guanidine groups is 1. The smallest absolute Gasteiger partial charge is 0.287 e. The summed E-state index contributed by atoms with van der Waals surface area (Å²) in [4.78, 5) is 19.1. The molecule has 6 nitrogen and oxygen atoms in total. The molecule has 0 radical (unpaired) electrons. The van der Waals surface area contributed by atoms with E-state index in [-0.39, 0.29) is 40.8 Å². The van der Waals surface area contributed by atoms with E-state index in [0.717, 1.165) is 31.0 Å². The normalized spacial score (nSPS) is 17.9. The van der Waals surface area contributed by atoms with Crippen molar-refractivity contribution in [3.8, 4) is 0 Å². The molecule has 0 saturated carbocycles. The van der Waals surface area contributed by atoms with Crippen molar-refractivity contribution in [2.24, 2.45) is 10.4 Å². The van der Waals surface area contributed by atoms with Gasteiger partial charge < -0.3 is 20.0 Å². The zero-order valence-electron chi connectivity index (χ0n) is 16.8. The van der Waals surface area contributed by atoms with E-state index in [4.69, 9.17) is 9.41 Å². The molecule has 1 aromatic heterocycles. The minimum Gasteiger partial charge on any atom is -0.459 e. The molecule has 0 unspecified atom stereocenters. The second kappa shape index (κ2) is 9.10. The number of rotatable bonds is 6. The highest BCUT2D eigenvalue weighted by Crippen LogP contribution is 2.46. The van der Waals surface area contributed by atoms with Gasteiger partial charge in [0.15, 0.2) is 11.7 Å². The minimum atomic E-state index is -0.163. The average Bonchev–Trinajstić information content (AvgIpc) is 2.97. The maximum absolute atomic E-state index is 12.0. The van der Waals surface area contributed by atoms with Crippen LogP contribution in [-0.4, -0.2) is 48.5 Å². The van der Waals surface area contributed by atoms with Crippen molar-refractivity contribution in [2.75, 3.05) is 26.2 Å². The molecular formula is C19H33IN4O2. The van der Waals surface area contributed by atoms with Crippen molar-refractivity contribution >= 4 is 35.8 Å². The first-order valence-corrected chi connectivity index (χ1v) is 9.09. The van der Waals surface area contributed by atoms with Crippen LogP contribution in [0, 0.1) is 12.3 Å². The van der Waals surface area contributed by atoms with Gasteiger partial charge in [0.2, 0.25) is 0 Å². The van der Waals surface area contributed by atoms with Crippen LogP contribution in [0.15, 0.2) is 21.7 Å². The Hall–Kier alpha value is -1.25. The van der Waals surface area contributed by atoms with Crippen LogP contribution in [-0.2, 0) is 0 Å². The molecule has 0 atom stereocenters. The summed E-state index contributed by atoms with van der Waals surface area (Å²) in [7, 11) is 0. The van der Waals surface area contributed by atoms with Gasteiger partial charge in [-0.2, -0.15) is 0 Å². The summed E-state index contributed by atoms with van der Waals surface area (Å²) in [5.41, 5.74) is 1.21. The molecule has 0 aromatic carbocycles. The molecule has 1 saturated heterocycles. The van der Waals surface area contributed by atoms with E-state index in [0.29, 0.717) is 18.8 Å². The fourth-order valence-electron chi connectivity index (χ4n) is 2.95. The Kier molecular flexibility index (Phi) is 7.98. The molecule has 1 fully saturated rings. The van der Waals surface area contributed by atoms with Gasteiger partial charge in [-0.1, -0.05) is 13.8 Å². The number of hydrogen-bond donors (Lipinski definition) is 2. The van der Waals surface area contributed by atoms with Crippen molar-refractivity contribution in [1.29, 1.82) is 0 Å². The summed E-state index contributed by atoms with van der Waals surface area (Å²) in [6.45, 7) is 16.1. The van der Waals surface area contributed by atoms with Crippen molar-refractivity contribution in [3.63, 3.8) is 0 Å². The lowest BCUT2D eigenvalue weighted by Gasteiger charge is -2.62. The highest BCUT2D eigenvalue weighted by Gasteiger charge is 2.53. The lowest BCUT2D eigenvalue weighted by atomic mass is 9.65. The summed E-state index contributed by atoms with van der Waals surface area (Å²) < 4.78 is 5.19. The third kappa shape index (κ3) is 4.72. The Balaban J connectivity index is 0.00000338. The third-order valence-electron chi connectivity index (χ3n) is 5.43. The Morgan fingerprint density at radius 2 is 2.00 bits per heavy atom. The van der Waals surface area contributed by atoms with E-state index in [1.807, 2.05) is 6.92 Å². The maximum atomic E-state index is 12.0. The summed E-state index contributed by atoms with van der Waals surface area (Å²) >= 11 is 0. The minimum absolute atomic E-state index is 0. The molecule has 1 aliphatic rings. The van der Waals surface area contributed by atoms with Gasteiger partial charge >= 0.3 is 0 Å². The summed E-state index contributed by atoms with van der Waals surface area (Å²) in [6.07, 6.45) is 2.32. The molecule has 2 N–H and O–H groups in total. The lowest BCUT2D eigenvalue weighted by molar-refractivity contribution is -0.0667. The number of hydrogen-bond acceptors (Lipinski definition) is 3. The Morgan fingerprint density at radius 3 is 2.50 bits per heavy atom. The van der Waals surface area contributed by atoms with Crippen LogP contribution < -0.4 is 10.6 Å². The number of furan rings is 1. The van der Waals surface area contributed by atoms with Gasteiger partial charge in [-0.3, -0.25) is 9.79 Å². The first-order chi connectivity index (χ1) is 11.7. The zero-order valence-corrected chi connectivity index (χ0v) is 19.1. The maximum Gasteiger partial charge on any atom is 0.287 e. The quantitative estimate of drug-likeness (QED) is 0.286. The number of aliphatic imine (C=N–C) groups is 1. The SMILES string of the molecule is CCNC(=NCCCNC(=O)c1occc1C)N1CC(C)(C)C1(C)C.I. The molecule has 0 bridgehead atoms. The number of nitrogens with one attached hydrogen (secondary N) is 2. The van der Waals surface area contributed by atoms with Crippen molar-refractivity contribution < 1.29 is 9.21 Å². The van der Waals surface area contributed by atoms with E-state index in [1.54, 1.807) is 6.07 Å². The molecule has 148 valence electrons. The number of nitrogens with zero attached hydrogens (tertiary/aromatic N) is 2. The van der Waals surface area contributed by atoms with Gasteiger partial charge in [-0.15, -0.1) is 24.0 Å². The molecular weight excluding hydrogens is 443 g/mol. The van der Waals surface area contributed by atoms with Crippen LogP contribution in [0.1, 0.15) is 57.2 Å². The van der Waals surface area contributed by atoms with Crippen LogP contribution in [0.2, 0.25) is 0 Å². The molecule has 1 amide bonds. The molecule has 26 heavy (non-hydrogen) atoms. The van der Waals surface area contributed by atoms with Crippen LogP contribution in [0.25, 0.3) is 0 Å². The van der Waals surface area contributed by atoms with E-state index in [1.165, 1.54) is 6.26 Å². The largest absolute Gasteiger partial charge is 0.459 e. The second-order valence-electron chi connectivity index (χ2n) is 7.81. The van der Waals surface area contributed by atoms with Crippen molar-refractivity contribution in [1.82, 2.24) is 15.5 Å². The van der Waals surface area contributed by atoms with E-state index >= 15 is 0 Å². The number of halogens is 1. The average molecular weight is 476 g/mol. The highest BCUT2D eigenvalue weighted by atomic mass is 127. The highest BCUT2D eigenvalue weighted by molar-refractivity contribution is 14.0. The molecule has 0 spiro atoms. The van der Waals surface area contributed by atoms with Gasteiger partial charge in [0.25, 0.3) is 5.91 Å². The lowest BCUT2D eigenvalue weighted by Crippen LogP contribution is -2.72. The van der Waals surface area contributed by atoms with Crippen LogP contribution >= 0.6 is 24.0 Å². The molecule has 7 heteroatoms. The Morgan fingerprint density at radius 1 is 1.31 bits per heavy atom. The standard InChI is InChI=1S/C19H32N4O2.HI/c1-7-20-17(23-13-18(3,4)19(23,5)6)22-11-8-10-21-16(24)15-14(2)9-12-25-15;/h9,12H,7-8,10-11,13H2,1-6H3,(H,20,22)(H,21,24);1H. The van der Waals surface area contributed by atoms with Gasteiger partial charge in [-0.25, -0.2) is 0 Å². The molecule has 2 heterocycles. The van der Waals surface area contributed by atoms with Gasteiger partial charge in [0.05, 0.1) is 6.26 Å². The Labute approximate surface area is 174 Å². The topological polar surface area (TPSA) is 69.9 Å². The third-order valence-corrected chi connectivity index (χ3v) is 5.43. The first kappa shape index (κ1) is 22.8. The number of carbonyl (C=O) groups excluding carboxylic acids is 1. The van der Waals surface area contributed by atoms with Crippen LogP contribution in [0.3, 0.4) is 0 Å². The summed E-state index contributed by atoms with van der Waals surface area (Å²) in [5, 5.41) is 6.26. The van der Waals surface area contributed by atoms with E-state index in [9.17, 15) is 4.79 Å². The second-order valence-corrected chi connectivity index (χ2v) is 7.81. The zero-order chi connectivity index (χ0) is 18.7. The van der Waals surface area contributed by atoms with Gasteiger partial charge in [-0.05, 0) is 40.2 Å². The summed E-state index contributed by atoms with van der Waals surface area (Å²) in [6, 6.07) is 1.79. The molecule has 2 rings (SSSR count). The van der Waals surface area contributed by atoms with Crippen LogP contribution in [0.4, 0.5) is 0 Å². The van der Waals surface area contributed by atoms with E-state index in [2.05, 4.69) is 50.2 Å². The first-order valence-electron chi connectivity index (χ1n) is 9.09. The van der Waals surface area contributed by atoms with Gasteiger partial charge in [0.1, 0.15) is 0 Å². The molecule has 1 aromatic rings. The fourth-order valence-corrected chi connectivity index (χ4v) is 2.95. The number of likely N-dealkylation sites (tertiary alicyclic amines) is 1. The van der Waals surface area contributed by atoms with E-state index < -0.39 is 0 Å².